The van der Waals surface area contributed by atoms with Crippen molar-refractivity contribution in [3.8, 4) is 0 Å². The lowest BCUT2D eigenvalue weighted by Gasteiger charge is -2.16. The third kappa shape index (κ3) is 4.40. The predicted molar refractivity (Wildman–Crippen MR) is 113 cm³/mol. The van der Waals surface area contributed by atoms with Crippen molar-refractivity contribution in [1.82, 2.24) is 10.2 Å². The van der Waals surface area contributed by atoms with Crippen molar-refractivity contribution in [2.45, 2.75) is 17.2 Å². The second-order valence-electron chi connectivity index (χ2n) is 6.28. The molecule has 6 nitrogen and oxygen atoms in total. The Morgan fingerprint density at radius 3 is 2.79 bits per heavy atom. The highest BCUT2D eigenvalue weighted by Gasteiger charge is 2.22. The zero-order valence-corrected chi connectivity index (χ0v) is 16.6. The van der Waals surface area contributed by atoms with Crippen LogP contribution in [0.25, 0.3) is 0 Å². The Balaban J connectivity index is 1.36. The maximum absolute atomic E-state index is 12.6. The average Bonchev–Trinajstić information content (AvgIpc) is 3.36. The number of thioether (sulfide) groups is 1. The molecule has 0 bridgehead atoms. The Morgan fingerprint density at radius 2 is 2.00 bits per heavy atom. The summed E-state index contributed by atoms with van der Waals surface area (Å²) in [4.78, 5) is 26.2. The Kier molecular flexibility index (Phi) is 5.68. The summed E-state index contributed by atoms with van der Waals surface area (Å²) in [6, 6.07) is 17.0. The van der Waals surface area contributed by atoms with Gasteiger partial charge in [0.25, 0.3) is 0 Å². The lowest BCUT2D eigenvalue weighted by Crippen LogP contribution is -2.23. The quantitative estimate of drug-likeness (QED) is 0.460. The van der Waals surface area contributed by atoms with Crippen molar-refractivity contribution in [3.05, 3.63) is 60.2 Å². The number of carbonyl (C=O) groups excluding carboxylic acids is 2. The van der Waals surface area contributed by atoms with Gasteiger partial charge in [0.1, 0.15) is 0 Å². The molecule has 1 aliphatic rings. The number of amides is 1. The molecule has 1 aliphatic heterocycles. The van der Waals surface area contributed by atoms with Crippen LogP contribution in [-0.4, -0.2) is 34.2 Å². The number of para-hydroxylation sites is 1. The molecule has 4 rings (SSSR count). The van der Waals surface area contributed by atoms with Crippen LogP contribution in [0.2, 0.25) is 0 Å². The summed E-state index contributed by atoms with van der Waals surface area (Å²) in [5.74, 6) is 0.398. The Labute approximate surface area is 171 Å². The largest absolute Gasteiger partial charge is 0.330 e. The van der Waals surface area contributed by atoms with E-state index in [0.29, 0.717) is 23.7 Å². The van der Waals surface area contributed by atoms with Gasteiger partial charge in [0, 0.05) is 29.9 Å². The molecule has 0 radical (unpaired) electrons. The van der Waals surface area contributed by atoms with E-state index in [-0.39, 0.29) is 17.4 Å². The summed E-state index contributed by atoms with van der Waals surface area (Å²) in [6.45, 7) is 0.715. The lowest BCUT2D eigenvalue weighted by molar-refractivity contribution is -0.117. The maximum atomic E-state index is 12.6. The van der Waals surface area contributed by atoms with Gasteiger partial charge in [0.05, 0.1) is 5.75 Å². The molecule has 0 saturated carbocycles. The standard InChI is InChI=1S/C20H18N4O2S2/c25-17(14-6-4-9-16(12-14)24-11-5-10-18(24)26)13-27-20-23-22-19(28-20)21-15-7-2-1-3-8-15/h1-4,6-9,12H,5,10-11,13H2,(H,21,22). The zero-order valence-electron chi connectivity index (χ0n) is 15.0. The summed E-state index contributed by atoms with van der Waals surface area (Å²) in [5.41, 5.74) is 2.35. The van der Waals surface area contributed by atoms with E-state index in [2.05, 4.69) is 15.5 Å². The summed E-state index contributed by atoms with van der Waals surface area (Å²) < 4.78 is 0.734. The number of hydrogen-bond acceptors (Lipinski definition) is 7. The number of carbonyl (C=O) groups is 2. The van der Waals surface area contributed by atoms with Crippen LogP contribution in [0.5, 0.6) is 0 Å². The first-order valence-corrected chi connectivity index (χ1v) is 10.7. The van der Waals surface area contributed by atoms with Crippen LogP contribution < -0.4 is 10.2 Å². The van der Waals surface area contributed by atoms with Crippen molar-refractivity contribution >= 4 is 51.3 Å². The third-order valence-electron chi connectivity index (χ3n) is 4.31. The molecule has 2 heterocycles. The van der Waals surface area contributed by atoms with Gasteiger partial charge < -0.3 is 10.2 Å². The molecular weight excluding hydrogens is 392 g/mol. The second-order valence-corrected chi connectivity index (χ2v) is 8.48. The molecule has 2 aromatic carbocycles. The smallest absolute Gasteiger partial charge is 0.227 e. The fourth-order valence-corrected chi connectivity index (χ4v) is 4.61. The van der Waals surface area contributed by atoms with Crippen molar-refractivity contribution in [1.29, 1.82) is 0 Å². The van der Waals surface area contributed by atoms with Crippen LogP contribution in [0.4, 0.5) is 16.5 Å². The number of rotatable bonds is 7. The van der Waals surface area contributed by atoms with E-state index in [1.54, 1.807) is 17.0 Å². The third-order valence-corrected chi connectivity index (χ3v) is 6.28. The molecule has 1 fully saturated rings. The number of ketones is 1. The second kappa shape index (κ2) is 8.53. The predicted octanol–water partition coefficient (Wildman–Crippen LogP) is 4.38. The average molecular weight is 411 g/mol. The van der Waals surface area contributed by atoms with Gasteiger partial charge in [-0.25, -0.2) is 0 Å². The summed E-state index contributed by atoms with van der Waals surface area (Å²) in [6.07, 6.45) is 1.44. The molecule has 0 atom stereocenters. The molecule has 0 aliphatic carbocycles. The summed E-state index contributed by atoms with van der Waals surface area (Å²) >= 11 is 2.78. The van der Waals surface area contributed by atoms with Crippen molar-refractivity contribution in [2.24, 2.45) is 0 Å². The molecular formula is C20H18N4O2S2. The number of anilines is 3. The molecule has 8 heteroatoms. The topological polar surface area (TPSA) is 75.2 Å². The number of aromatic nitrogens is 2. The van der Waals surface area contributed by atoms with E-state index in [4.69, 9.17) is 0 Å². The molecule has 3 aromatic rings. The lowest BCUT2D eigenvalue weighted by atomic mass is 10.1. The number of hydrogen-bond donors (Lipinski definition) is 1. The van der Waals surface area contributed by atoms with Crippen molar-refractivity contribution < 1.29 is 9.59 Å². The van der Waals surface area contributed by atoms with Gasteiger partial charge in [0.15, 0.2) is 10.1 Å². The SMILES string of the molecule is O=C(CSc1nnc(Nc2ccccc2)s1)c1cccc(N2CCCC2=O)c1. The summed E-state index contributed by atoms with van der Waals surface area (Å²) in [5, 5.41) is 12.1. The molecule has 1 N–H and O–H groups in total. The number of nitrogens with zero attached hydrogens (tertiary/aromatic N) is 3. The Hall–Kier alpha value is -2.71. The highest BCUT2D eigenvalue weighted by molar-refractivity contribution is 8.01. The highest BCUT2D eigenvalue weighted by Crippen LogP contribution is 2.29. The van der Waals surface area contributed by atoms with Crippen molar-refractivity contribution in [3.63, 3.8) is 0 Å². The van der Waals surface area contributed by atoms with Gasteiger partial charge in [-0.1, -0.05) is 53.4 Å². The maximum Gasteiger partial charge on any atom is 0.227 e. The zero-order chi connectivity index (χ0) is 19.3. The fraction of sp³-hybridized carbons (Fsp3) is 0.200. The van der Waals surface area contributed by atoms with E-state index in [0.717, 1.165) is 22.1 Å². The van der Waals surface area contributed by atoms with E-state index in [1.165, 1.54) is 23.1 Å². The number of benzene rings is 2. The first-order chi connectivity index (χ1) is 13.7. The van der Waals surface area contributed by atoms with Gasteiger partial charge in [0.2, 0.25) is 11.0 Å². The van der Waals surface area contributed by atoms with E-state index >= 15 is 0 Å². The van der Waals surface area contributed by atoms with E-state index in [1.807, 2.05) is 42.5 Å². The Bertz CT molecular complexity index is 991. The van der Waals surface area contributed by atoms with Crippen LogP contribution in [0, 0.1) is 0 Å². The normalized spacial score (nSPS) is 13.7. The van der Waals surface area contributed by atoms with Gasteiger partial charge in [-0.3, -0.25) is 9.59 Å². The fourth-order valence-electron chi connectivity index (χ4n) is 2.94. The van der Waals surface area contributed by atoms with Crippen LogP contribution in [0.1, 0.15) is 23.2 Å². The number of Topliss-reactive ketones (excluding diaryl/α,β-unsaturated/α-hetero) is 1. The molecule has 28 heavy (non-hydrogen) atoms. The van der Waals surface area contributed by atoms with Gasteiger partial charge in [-0.2, -0.15) is 0 Å². The van der Waals surface area contributed by atoms with Crippen molar-refractivity contribution in [2.75, 3.05) is 22.5 Å². The van der Waals surface area contributed by atoms with Crippen LogP contribution in [0.3, 0.4) is 0 Å². The first-order valence-electron chi connectivity index (χ1n) is 8.91. The number of nitrogens with one attached hydrogen (secondary N) is 1. The molecule has 1 aromatic heterocycles. The minimum atomic E-state index is 0.00580. The first kappa shape index (κ1) is 18.6. The molecule has 0 unspecified atom stereocenters. The minimum Gasteiger partial charge on any atom is -0.330 e. The summed E-state index contributed by atoms with van der Waals surface area (Å²) in [7, 11) is 0. The molecule has 1 amide bonds. The molecule has 1 saturated heterocycles. The molecule has 142 valence electrons. The molecule has 0 spiro atoms. The van der Waals surface area contributed by atoms with E-state index < -0.39 is 0 Å². The van der Waals surface area contributed by atoms with Gasteiger partial charge in [-0.15, -0.1) is 10.2 Å². The van der Waals surface area contributed by atoms with Crippen LogP contribution in [0.15, 0.2) is 58.9 Å². The van der Waals surface area contributed by atoms with Gasteiger partial charge in [-0.05, 0) is 30.7 Å². The van der Waals surface area contributed by atoms with Gasteiger partial charge >= 0.3 is 0 Å². The minimum absolute atomic E-state index is 0.00580. The monoisotopic (exact) mass is 410 g/mol. The van der Waals surface area contributed by atoms with Crippen LogP contribution in [-0.2, 0) is 4.79 Å². The van der Waals surface area contributed by atoms with E-state index in [9.17, 15) is 9.59 Å². The Morgan fingerprint density at radius 1 is 1.14 bits per heavy atom. The van der Waals surface area contributed by atoms with Crippen LogP contribution >= 0.6 is 23.1 Å². The highest BCUT2D eigenvalue weighted by atomic mass is 32.2.